The van der Waals surface area contributed by atoms with Crippen molar-refractivity contribution in [3.8, 4) is 0 Å². The number of allylic oxidation sites excluding steroid dienone is 2. The molecule has 5 rings (SSSR count). The van der Waals surface area contributed by atoms with E-state index >= 15 is 0 Å². The lowest BCUT2D eigenvalue weighted by molar-refractivity contribution is -0.151. The number of fused-ring (bicyclic) bond motifs is 2. The number of para-hydroxylation sites is 2. The van der Waals surface area contributed by atoms with Crippen LogP contribution in [0.2, 0.25) is 0 Å². The molecule has 2 aromatic rings. The molecule has 2 fully saturated rings. The molecule has 1 N–H and O–H groups in total. The summed E-state index contributed by atoms with van der Waals surface area (Å²) in [5.74, 6) is -1.29. The Morgan fingerprint density at radius 3 is 2.26 bits per heavy atom. The minimum absolute atomic E-state index is 0.00648. The molecule has 1 aromatic carbocycles. The lowest BCUT2D eigenvalue weighted by Gasteiger charge is -2.35. The van der Waals surface area contributed by atoms with Crippen molar-refractivity contribution in [3.05, 3.63) is 46.9 Å². The second kappa shape index (κ2) is 7.51. The maximum absolute atomic E-state index is 13.1. The van der Waals surface area contributed by atoms with Crippen LogP contribution in [0, 0.1) is 11.8 Å². The second-order valence-corrected chi connectivity index (χ2v) is 8.75. The second-order valence-electron chi connectivity index (χ2n) is 8.75. The van der Waals surface area contributed by atoms with E-state index < -0.39 is 6.04 Å². The standard InChI is InChI=1S/C23H26N4O4/c1-14(26-21(29)16-6-2-3-7-17(16)22(26)30)20(28)25-12-10-15(11-13-25)27-19-9-5-4-8-18(19)24-23(27)31/h2-5,8-9,14-17H,6-7,10-13H2,1H3,(H,24,31)/t14-,16+,17+/m1/s1. The first kappa shape index (κ1) is 19.8. The van der Waals surface area contributed by atoms with E-state index in [9.17, 15) is 19.2 Å². The van der Waals surface area contributed by atoms with Gasteiger partial charge in [0.15, 0.2) is 0 Å². The van der Waals surface area contributed by atoms with E-state index in [0.717, 1.165) is 11.0 Å². The van der Waals surface area contributed by atoms with Crippen molar-refractivity contribution in [1.82, 2.24) is 19.4 Å². The number of imide groups is 1. The summed E-state index contributed by atoms with van der Waals surface area (Å²) in [5.41, 5.74) is 1.54. The van der Waals surface area contributed by atoms with Crippen molar-refractivity contribution in [3.63, 3.8) is 0 Å². The van der Waals surface area contributed by atoms with Gasteiger partial charge >= 0.3 is 5.69 Å². The predicted molar refractivity (Wildman–Crippen MR) is 114 cm³/mol. The fraction of sp³-hybridized carbons (Fsp3) is 0.478. The first-order valence-corrected chi connectivity index (χ1v) is 11.0. The summed E-state index contributed by atoms with van der Waals surface area (Å²) in [4.78, 5) is 57.0. The number of amides is 3. The maximum atomic E-state index is 13.1. The molecule has 162 valence electrons. The van der Waals surface area contributed by atoms with Gasteiger partial charge in [-0.1, -0.05) is 24.3 Å². The van der Waals surface area contributed by atoms with E-state index in [1.54, 1.807) is 16.4 Å². The summed E-state index contributed by atoms with van der Waals surface area (Å²) in [6.07, 6.45) is 6.32. The number of benzene rings is 1. The molecule has 0 saturated carbocycles. The zero-order valence-corrected chi connectivity index (χ0v) is 17.5. The zero-order valence-electron chi connectivity index (χ0n) is 17.5. The van der Waals surface area contributed by atoms with Crippen LogP contribution >= 0.6 is 0 Å². The van der Waals surface area contributed by atoms with Gasteiger partial charge in [-0.3, -0.25) is 23.9 Å². The van der Waals surface area contributed by atoms with Crippen LogP contribution in [0.1, 0.15) is 38.6 Å². The smallest absolute Gasteiger partial charge is 0.326 e. The van der Waals surface area contributed by atoms with Crippen LogP contribution in [0.25, 0.3) is 11.0 Å². The number of hydrogen-bond acceptors (Lipinski definition) is 4. The van der Waals surface area contributed by atoms with Crippen LogP contribution in [-0.2, 0) is 14.4 Å². The van der Waals surface area contributed by atoms with Crippen molar-refractivity contribution < 1.29 is 14.4 Å². The lowest BCUT2D eigenvalue weighted by atomic mass is 9.85. The molecule has 2 saturated heterocycles. The molecule has 0 bridgehead atoms. The lowest BCUT2D eigenvalue weighted by Crippen LogP contribution is -2.52. The number of rotatable bonds is 3. The summed E-state index contributed by atoms with van der Waals surface area (Å²) in [5, 5.41) is 0. The Labute approximate surface area is 179 Å². The van der Waals surface area contributed by atoms with Crippen molar-refractivity contribution >= 4 is 28.8 Å². The summed E-state index contributed by atoms with van der Waals surface area (Å²) in [7, 11) is 0. The third-order valence-electron chi connectivity index (χ3n) is 7.05. The third-order valence-corrected chi connectivity index (χ3v) is 7.05. The first-order valence-electron chi connectivity index (χ1n) is 11.0. The molecule has 0 unspecified atom stereocenters. The van der Waals surface area contributed by atoms with E-state index in [0.29, 0.717) is 38.8 Å². The summed E-state index contributed by atoms with van der Waals surface area (Å²) >= 11 is 0. The van der Waals surface area contributed by atoms with Crippen molar-refractivity contribution in [2.24, 2.45) is 11.8 Å². The molecule has 3 atom stereocenters. The minimum Gasteiger partial charge on any atom is -0.341 e. The van der Waals surface area contributed by atoms with E-state index in [-0.39, 0.29) is 41.3 Å². The number of aromatic amines is 1. The number of carbonyl (C=O) groups is 3. The normalized spacial score (nSPS) is 25.3. The average molecular weight is 422 g/mol. The summed E-state index contributed by atoms with van der Waals surface area (Å²) in [6.45, 7) is 2.63. The number of H-pyrrole nitrogens is 1. The number of aromatic nitrogens is 2. The van der Waals surface area contributed by atoms with Gasteiger partial charge in [0, 0.05) is 19.1 Å². The molecule has 3 amide bonds. The van der Waals surface area contributed by atoms with Gasteiger partial charge in [-0.25, -0.2) is 4.79 Å². The fourth-order valence-electron chi connectivity index (χ4n) is 5.36. The topological polar surface area (TPSA) is 95.5 Å². The molecule has 8 heteroatoms. The van der Waals surface area contributed by atoms with Crippen molar-refractivity contribution in [2.75, 3.05) is 13.1 Å². The summed E-state index contributed by atoms with van der Waals surface area (Å²) < 4.78 is 1.78. The van der Waals surface area contributed by atoms with Crippen LogP contribution in [0.15, 0.2) is 41.2 Å². The number of likely N-dealkylation sites (tertiary alicyclic amines) is 2. The van der Waals surface area contributed by atoms with Gasteiger partial charge in [0.1, 0.15) is 6.04 Å². The van der Waals surface area contributed by atoms with Crippen LogP contribution in [-0.4, -0.2) is 56.2 Å². The Balaban J connectivity index is 1.28. The average Bonchev–Trinajstić information content (AvgIpc) is 3.26. The minimum atomic E-state index is -0.794. The number of carbonyl (C=O) groups excluding carboxylic acids is 3. The number of hydrogen-bond donors (Lipinski definition) is 1. The largest absolute Gasteiger partial charge is 0.341 e. The molecule has 3 heterocycles. The molecule has 0 radical (unpaired) electrons. The van der Waals surface area contributed by atoms with Gasteiger partial charge in [-0.15, -0.1) is 0 Å². The highest BCUT2D eigenvalue weighted by atomic mass is 16.2. The molecule has 1 aromatic heterocycles. The van der Waals surface area contributed by atoms with Crippen LogP contribution in [0.3, 0.4) is 0 Å². The van der Waals surface area contributed by atoms with Crippen molar-refractivity contribution in [1.29, 1.82) is 0 Å². The first-order chi connectivity index (χ1) is 15.0. The molecule has 1 aliphatic carbocycles. The molecular formula is C23H26N4O4. The quantitative estimate of drug-likeness (QED) is 0.603. The molecule has 2 aliphatic heterocycles. The number of imidazole rings is 1. The van der Waals surface area contributed by atoms with Crippen LogP contribution in [0.4, 0.5) is 0 Å². The van der Waals surface area contributed by atoms with Gasteiger partial charge < -0.3 is 9.88 Å². The van der Waals surface area contributed by atoms with E-state index in [1.807, 2.05) is 36.4 Å². The SMILES string of the molecule is C[C@H](C(=O)N1CCC(n2c(=O)[nH]c3ccccc32)CC1)N1C(=O)[C@H]2CC=CC[C@@H]2C1=O. The number of nitrogens with one attached hydrogen (secondary N) is 1. The Morgan fingerprint density at radius 2 is 1.61 bits per heavy atom. The fourth-order valence-corrected chi connectivity index (χ4v) is 5.36. The molecular weight excluding hydrogens is 396 g/mol. The maximum Gasteiger partial charge on any atom is 0.326 e. The highest BCUT2D eigenvalue weighted by molar-refractivity contribution is 6.08. The molecule has 31 heavy (non-hydrogen) atoms. The van der Waals surface area contributed by atoms with Gasteiger partial charge in [0.05, 0.1) is 22.9 Å². The van der Waals surface area contributed by atoms with E-state index in [2.05, 4.69) is 4.98 Å². The van der Waals surface area contributed by atoms with Crippen LogP contribution in [0.5, 0.6) is 0 Å². The summed E-state index contributed by atoms with van der Waals surface area (Å²) in [6, 6.07) is 6.81. The van der Waals surface area contributed by atoms with Gasteiger partial charge in [0.2, 0.25) is 17.7 Å². The van der Waals surface area contributed by atoms with Gasteiger partial charge in [0.25, 0.3) is 0 Å². The third kappa shape index (κ3) is 3.12. The zero-order chi connectivity index (χ0) is 21.7. The highest BCUT2D eigenvalue weighted by Crippen LogP contribution is 2.36. The Hall–Kier alpha value is -3.16. The van der Waals surface area contributed by atoms with Gasteiger partial charge in [-0.05, 0) is 44.7 Å². The Morgan fingerprint density at radius 1 is 1.00 bits per heavy atom. The molecule has 8 nitrogen and oxygen atoms in total. The number of nitrogens with zero attached hydrogens (tertiary/aromatic N) is 3. The monoisotopic (exact) mass is 422 g/mol. The molecule has 0 spiro atoms. The van der Waals surface area contributed by atoms with Crippen molar-refractivity contribution in [2.45, 2.75) is 44.7 Å². The Kier molecular flexibility index (Phi) is 4.79. The number of piperidine rings is 1. The van der Waals surface area contributed by atoms with Gasteiger partial charge in [-0.2, -0.15) is 0 Å². The highest BCUT2D eigenvalue weighted by Gasteiger charge is 2.50. The van der Waals surface area contributed by atoms with Crippen LogP contribution < -0.4 is 5.69 Å². The Bertz CT molecular complexity index is 1110. The molecule has 3 aliphatic rings. The predicted octanol–water partition coefficient (Wildman–Crippen LogP) is 1.83. The van der Waals surface area contributed by atoms with E-state index in [1.165, 1.54) is 4.90 Å². The van der Waals surface area contributed by atoms with E-state index in [4.69, 9.17) is 0 Å².